The highest BCUT2D eigenvalue weighted by Crippen LogP contribution is 2.30. The molecule has 3 nitrogen and oxygen atoms in total. The van der Waals surface area contributed by atoms with Gasteiger partial charge in [-0.05, 0) is 30.7 Å². The number of hydrogen-bond donors (Lipinski definition) is 2. The fraction of sp³-hybridized carbons (Fsp3) is 0.588. The highest BCUT2D eigenvalue weighted by atomic mass is 16.1. The van der Waals surface area contributed by atoms with Crippen LogP contribution >= 0.6 is 0 Å². The van der Waals surface area contributed by atoms with E-state index in [-0.39, 0.29) is 11.4 Å². The van der Waals surface area contributed by atoms with Crippen LogP contribution in [0.3, 0.4) is 0 Å². The van der Waals surface area contributed by atoms with Crippen LogP contribution in [0.15, 0.2) is 30.3 Å². The van der Waals surface area contributed by atoms with Crippen LogP contribution in [-0.2, 0) is 4.79 Å². The lowest BCUT2D eigenvalue weighted by molar-refractivity contribution is -0.123. The van der Waals surface area contributed by atoms with Crippen LogP contribution in [0.1, 0.15) is 56.9 Å². The first-order valence-corrected chi connectivity index (χ1v) is 7.75. The zero-order chi connectivity index (χ0) is 14.4. The van der Waals surface area contributed by atoms with E-state index in [0.717, 1.165) is 19.3 Å². The predicted octanol–water partition coefficient (Wildman–Crippen LogP) is 2.96. The quantitative estimate of drug-likeness (QED) is 0.838. The molecule has 1 aromatic rings. The van der Waals surface area contributed by atoms with E-state index in [1.807, 2.05) is 18.2 Å². The summed E-state index contributed by atoms with van der Waals surface area (Å²) in [6.45, 7) is 2.69. The number of hydrogen-bond acceptors (Lipinski definition) is 2. The number of carbonyl (C=O) groups is 1. The Kier molecular flexibility index (Phi) is 5.18. The number of benzene rings is 1. The molecule has 3 heteroatoms. The van der Waals surface area contributed by atoms with Crippen molar-refractivity contribution in [1.82, 2.24) is 5.32 Å². The third-order valence-corrected chi connectivity index (χ3v) is 4.55. The van der Waals surface area contributed by atoms with Crippen LogP contribution < -0.4 is 11.1 Å². The Bertz CT molecular complexity index is 424. The van der Waals surface area contributed by atoms with Gasteiger partial charge >= 0.3 is 0 Å². The van der Waals surface area contributed by atoms with Gasteiger partial charge in [-0.15, -0.1) is 0 Å². The summed E-state index contributed by atoms with van der Waals surface area (Å²) >= 11 is 0. The van der Waals surface area contributed by atoms with Crippen LogP contribution in [0.2, 0.25) is 0 Å². The largest absolute Gasteiger partial charge is 0.349 e. The second kappa shape index (κ2) is 6.89. The summed E-state index contributed by atoms with van der Waals surface area (Å²) in [5.41, 5.74) is 6.99. The maximum absolute atomic E-state index is 12.3. The summed E-state index contributed by atoms with van der Waals surface area (Å²) in [4.78, 5) is 12.3. The van der Waals surface area contributed by atoms with E-state index >= 15 is 0 Å². The molecule has 0 radical (unpaired) electrons. The minimum Gasteiger partial charge on any atom is -0.349 e. The second-order valence-electron chi connectivity index (χ2n) is 5.96. The average Bonchev–Trinajstić information content (AvgIpc) is 2.94. The van der Waals surface area contributed by atoms with Gasteiger partial charge in [0.25, 0.3) is 0 Å². The molecule has 0 heterocycles. The van der Waals surface area contributed by atoms with E-state index in [9.17, 15) is 4.79 Å². The molecule has 0 aromatic heterocycles. The maximum atomic E-state index is 12.3. The Balaban J connectivity index is 1.96. The molecule has 20 heavy (non-hydrogen) atoms. The SMILES string of the molecule is CCC(CC(=O)NC1(CN)CCCC1)c1ccccc1. The standard InChI is InChI=1S/C17H26N2O/c1-2-14(15-8-4-3-5-9-15)12-16(20)19-17(13-18)10-6-7-11-17/h3-5,8-9,14H,2,6-7,10-13,18H2,1H3,(H,19,20). The monoisotopic (exact) mass is 274 g/mol. The lowest BCUT2D eigenvalue weighted by Crippen LogP contribution is -2.51. The van der Waals surface area contributed by atoms with Crippen LogP contribution in [0, 0.1) is 0 Å². The molecule has 0 bridgehead atoms. The van der Waals surface area contributed by atoms with Gasteiger partial charge in [0.2, 0.25) is 5.91 Å². The lowest BCUT2D eigenvalue weighted by atomic mass is 9.91. The molecule has 110 valence electrons. The van der Waals surface area contributed by atoms with E-state index in [4.69, 9.17) is 5.73 Å². The zero-order valence-corrected chi connectivity index (χ0v) is 12.4. The molecule has 3 N–H and O–H groups in total. The van der Waals surface area contributed by atoms with Crippen molar-refractivity contribution in [3.63, 3.8) is 0 Å². The van der Waals surface area contributed by atoms with E-state index in [1.54, 1.807) is 0 Å². The molecule has 1 atom stereocenters. The first-order valence-electron chi connectivity index (χ1n) is 7.75. The third-order valence-electron chi connectivity index (χ3n) is 4.55. The molecule has 0 saturated heterocycles. The van der Waals surface area contributed by atoms with Crippen LogP contribution in [0.5, 0.6) is 0 Å². The number of nitrogens with two attached hydrogens (primary N) is 1. The molecular formula is C17H26N2O. The van der Waals surface area contributed by atoms with Crippen LogP contribution in [0.25, 0.3) is 0 Å². The molecular weight excluding hydrogens is 248 g/mol. The van der Waals surface area contributed by atoms with Gasteiger partial charge in [-0.2, -0.15) is 0 Å². The minimum absolute atomic E-state index is 0.133. The molecule has 2 rings (SSSR count). The van der Waals surface area contributed by atoms with Crippen LogP contribution in [-0.4, -0.2) is 18.0 Å². The summed E-state index contributed by atoms with van der Waals surface area (Å²) < 4.78 is 0. The average molecular weight is 274 g/mol. The van der Waals surface area contributed by atoms with Gasteiger partial charge in [0.05, 0.1) is 5.54 Å². The third kappa shape index (κ3) is 3.60. The van der Waals surface area contributed by atoms with Crippen molar-refractivity contribution in [3.05, 3.63) is 35.9 Å². The van der Waals surface area contributed by atoms with Gasteiger partial charge < -0.3 is 11.1 Å². The summed E-state index contributed by atoms with van der Waals surface area (Å²) in [6.07, 6.45) is 5.94. The van der Waals surface area contributed by atoms with Crippen molar-refractivity contribution < 1.29 is 4.79 Å². The van der Waals surface area contributed by atoms with Crippen molar-refractivity contribution in [3.8, 4) is 0 Å². The van der Waals surface area contributed by atoms with Crippen molar-refractivity contribution in [2.75, 3.05) is 6.54 Å². The number of rotatable bonds is 6. The number of nitrogens with one attached hydrogen (secondary N) is 1. The number of carbonyl (C=O) groups excluding carboxylic acids is 1. The first kappa shape index (κ1) is 15.0. The zero-order valence-electron chi connectivity index (χ0n) is 12.4. The minimum atomic E-state index is -0.133. The second-order valence-corrected chi connectivity index (χ2v) is 5.96. The van der Waals surface area contributed by atoms with Gasteiger partial charge in [0.1, 0.15) is 0 Å². The van der Waals surface area contributed by atoms with E-state index in [0.29, 0.717) is 18.9 Å². The molecule has 1 saturated carbocycles. The van der Waals surface area contributed by atoms with Gasteiger partial charge in [-0.3, -0.25) is 4.79 Å². The molecule has 1 fully saturated rings. The van der Waals surface area contributed by atoms with Crippen molar-refractivity contribution >= 4 is 5.91 Å². The smallest absolute Gasteiger partial charge is 0.221 e. The predicted molar refractivity (Wildman–Crippen MR) is 82.5 cm³/mol. The maximum Gasteiger partial charge on any atom is 0.221 e. The topological polar surface area (TPSA) is 55.1 Å². The summed E-state index contributed by atoms with van der Waals surface area (Å²) in [7, 11) is 0. The van der Waals surface area contributed by atoms with Crippen molar-refractivity contribution in [2.24, 2.45) is 5.73 Å². The molecule has 1 unspecified atom stereocenters. The Hall–Kier alpha value is -1.35. The summed E-state index contributed by atoms with van der Waals surface area (Å²) in [5.74, 6) is 0.445. The van der Waals surface area contributed by atoms with Crippen molar-refractivity contribution in [1.29, 1.82) is 0 Å². The normalized spacial score (nSPS) is 18.7. The van der Waals surface area contributed by atoms with Crippen molar-refractivity contribution in [2.45, 2.75) is 56.9 Å². The Morgan fingerprint density at radius 1 is 1.30 bits per heavy atom. The van der Waals surface area contributed by atoms with E-state index < -0.39 is 0 Å². The Labute approximate surface area is 121 Å². The molecule has 1 aliphatic rings. The molecule has 1 aliphatic carbocycles. The van der Waals surface area contributed by atoms with Crippen LogP contribution in [0.4, 0.5) is 0 Å². The first-order chi connectivity index (χ1) is 9.69. The van der Waals surface area contributed by atoms with Gasteiger partial charge in [-0.1, -0.05) is 50.1 Å². The highest BCUT2D eigenvalue weighted by Gasteiger charge is 2.34. The molecule has 0 spiro atoms. The fourth-order valence-electron chi connectivity index (χ4n) is 3.23. The Morgan fingerprint density at radius 3 is 2.50 bits per heavy atom. The molecule has 0 aliphatic heterocycles. The lowest BCUT2D eigenvalue weighted by Gasteiger charge is -2.29. The van der Waals surface area contributed by atoms with E-state index in [2.05, 4.69) is 24.4 Å². The molecule has 1 aromatic carbocycles. The summed E-state index contributed by atoms with van der Waals surface area (Å²) in [5, 5.41) is 3.21. The van der Waals surface area contributed by atoms with E-state index in [1.165, 1.54) is 18.4 Å². The summed E-state index contributed by atoms with van der Waals surface area (Å²) in [6, 6.07) is 10.3. The molecule has 1 amide bonds. The van der Waals surface area contributed by atoms with Gasteiger partial charge in [-0.25, -0.2) is 0 Å². The number of amides is 1. The van der Waals surface area contributed by atoms with Gasteiger partial charge in [0, 0.05) is 13.0 Å². The van der Waals surface area contributed by atoms with Gasteiger partial charge in [0.15, 0.2) is 0 Å². The fourth-order valence-corrected chi connectivity index (χ4v) is 3.23. The Morgan fingerprint density at radius 2 is 1.95 bits per heavy atom. The highest BCUT2D eigenvalue weighted by molar-refractivity contribution is 5.77.